The predicted octanol–water partition coefficient (Wildman–Crippen LogP) is 4.57. The second-order valence-electron chi connectivity index (χ2n) is 6.50. The van der Waals surface area contributed by atoms with E-state index in [1.165, 1.54) is 4.88 Å². The predicted molar refractivity (Wildman–Crippen MR) is 108 cm³/mol. The highest BCUT2D eigenvalue weighted by molar-refractivity contribution is 7.17. The maximum Gasteiger partial charge on any atom is 0.250 e. The molecule has 136 valence electrons. The molecule has 0 saturated heterocycles. The Morgan fingerprint density at radius 1 is 1.04 bits per heavy atom. The molecule has 2 aromatic carbocycles. The number of nitrogens with zero attached hydrogens (tertiary/aromatic N) is 3. The number of rotatable bonds is 5. The summed E-state index contributed by atoms with van der Waals surface area (Å²) in [6.07, 6.45) is 0.332. The Labute approximate surface area is 161 Å². The molecule has 0 atom stereocenters. The molecule has 0 unspecified atom stereocenters. The molecular weight excluding hydrogens is 356 g/mol. The Kier molecular flexibility index (Phi) is 4.73. The van der Waals surface area contributed by atoms with Gasteiger partial charge in [0.25, 0.3) is 0 Å². The van der Waals surface area contributed by atoms with Crippen molar-refractivity contribution in [2.24, 2.45) is 0 Å². The maximum atomic E-state index is 12.7. The van der Waals surface area contributed by atoms with E-state index in [1.807, 2.05) is 50.2 Å². The number of amides is 1. The molecule has 0 radical (unpaired) electrons. The number of fused-ring (bicyclic) bond motifs is 1. The molecule has 0 fully saturated rings. The average molecular weight is 376 g/mol. The summed E-state index contributed by atoms with van der Waals surface area (Å²) in [6.45, 7) is 4.04. The van der Waals surface area contributed by atoms with Gasteiger partial charge in [0.05, 0.1) is 5.69 Å². The molecule has 5 nitrogen and oxygen atoms in total. The zero-order valence-electron chi connectivity index (χ0n) is 15.2. The number of benzene rings is 2. The summed E-state index contributed by atoms with van der Waals surface area (Å²) >= 11 is 1.57. The largest absolute Gasteiger partial charge is 0.293 e. The van der Waals surface area contributed by atoms with Gasteiger partial charge in [0.15, 0.2) is 0 Å². The van der Waals surface area contributed by atoms with Crippen molar-refractivity contribution in [1.29, 1.82) is 0 Å². The molecule has 27 heavy (non-hydrogen) atoms. The van der Waals surface area contributed by atoms with Crippen LogP contribution in [0.2, 0.25) is 0 Å². The standard InChI is InChI=1S/C21H20N4OS/c1-14-15(2)27-21-23-20(24-25(14)21)22-19(26)13-18(16-9-5-3-6-10-16)17-11-7-4-8-12-17/h3-12,18H,13H2,1-2H3,(H,22,24,26). The Balaban J connectivity index is 1.56. The van der Waals surface area contributed by atoms with Crippen molar-refractivity contribution < 1.29 is 4.79 Å². The lowest BCUT2D eigenvalue weighted by atomic mass is 9.88. The Morgan fingerprint density at radius 3 is 2.19 bits per heavy atom. The van der Waals surface area contributed by atoms with Crippen LogP contribution >= 0.6 is 11.3 Å². The normalized spacial score (nSPS) is 11.2. The fourth-order valence-corrected chi connectivity index (χ4v) is 4.06. The molecule has 1 amide bonds. The summed E-state index contributed by atoms with van der Waals surface area (Å²) < 4.78 is 1.78. The van der Waals surface area contributed by atoms with Gasteiger partial charge in [0, 0.05) is 17.2 Å². The molecule has 0 spiro atoms. The van der Waals surface area contributed by atoms with Crippen LogP contribution in [-0.4, -0.2) is 20.5 Å². The van der Waals surface area contributed by atoms with Crippen molar-refractivity contribution in [3.8, 4) is 0 Å². The van der Waals surface area contributed by atoms with E-state index < -0.39 is 0 Å². The summed E-state index contributed by atoms with van der Waals surface area (Å²) in [6, 6.07) is 20.2. The maximum absolute atomic E-state index is 12.7. The van der Waals surface area contributed by atoms with Gasteiger partial charge < -0.3 is 0 Å². The first-order valence-corrected chi connectivity index (χ1v) is 9.66. The minimum atomic E-state index is -0.0969. The van der Waals surface area contributed by atoms with Crippen LogP contribution < -0.4 is 5.32 Å². The highest BCUT2D eigenvalue weighted by Crippen LogP contribution is 2.28. The molecule has 2 heterocycles. The quantitative estimate of drug-likeness (QED) is 0.555. The van der Waals surface area contributed by atoms with E-state index in [-0.39, 0.29) is 11.8 Å². The van der Waals surface area contributed by atoms with E-state index in [2.05, 4.69) is 39.7 Å². The Bertz CT molecular complexity index is 1030. The third-order valence-corrected chi connectivity index (χ3v) is 5.74. The number of anilines is 1. The van der Waals surface area contributed by atoms with Gasteiger partial charge in [-0.25, -0.2) is 4.52 Å². The number of aryl methyl sites for hydroxylation is 2. The van der Waals surface area contributed by atoms with Crippen molar-refractivity contribution in [2.75, 3.05) is 5.32 Å². The number of thiazole rings is 1. The molecule has 2 aromatic heterocycles. The molecule has 6 heteroatoms. The van der Waals surface area contributed by atoms with Crippen molar-refractivity contribution in [2.45, 2.75) is 26.2 Å². The number of nitrogens with one attached hydrogen (secondary N) is 1. The molecule has 1 N–H and O–H groups in total. The van der Waals surface area contributed by atoms with Gasteiger partial charge in [-0.2, -0.15) is 4.98 Å². The summed E-state index contributed by atoms with van der Waals surface area (Å²) in [5, 5.41) is 7.27. The zero-order chi connectivity index (χ0) is 18.8. The molecule has 0 aliphatic rings. The minimum Gasteiger partial charge on any atom is -0.293 e. The fraction of sp³-hybridized carbons (Fsp3) is 0.190. The first-order chi connectivity index (χ1) is 13.1. The van der Waals surface area contributed by atoms with E-state index in [0.717, 1.165) is 21.8 Å². The lowest BCUT2D eigenvalue weighted by molar-refractivity contribution is -0.116. The highest BCUT2D eigenvalue weighted by Gasteiger charge is 2.19. The Morgan fingerprint density at radius 2 is 1.63 bits per heavy atom. The number of carbonyl (C=O) groups excluding carboxylic acids is 1. The van der Waals surface area contributed by atoms with Crippen molar-refractivity contribution >= 4 is 28.2 Å². The lowest BCUT2D eigenvalue weighted by Crippen LogP contribution is -2.17. The first-order valence-electron chi connectivity index (χ1n) is 8.84. The third kappa shape index (κ3) is 3.61. The molecule has 0 saturated carbocycles. The van der Waals surface area contributed by atoms with E-state index in [9.17, 15) is 4.79 Å². The Hall–Kier alpha value is -2.99. The molecule has 0 bridgehead atoms. The molecule has 4 rings (SSSR count). The topological polar surface area (TPSA) is 59.3 Å². The van der Waals surface area contributed by atoms with Crippen LogP contribution in [-0.2, 0) is 4.79 Å². The zero-order valence-corrected chi connectivity index (χ0v) is 16.0. The number of carbonyl (C=O) groups is 1. The summed E-state index contributed by atoms with van der Waals surface area (Å²) in [5.74, 6) is 0.245. The van der Waals surface area contributed by atoms with E-state index in [0.29, 0.717) is 12.4 Å². The molecule has 4 aromatic rings. The van der Waals surface area contributed by atoms with Gasteiger partial charge in [0.1, 0.15) is 0 Å². The van der Waals surface area contributed by atoms with Crippen molar-refractivity contribution in [1.82, 2.24) is 14.6 Å². The monoisotopic (exact) mass is 376 g/mol. The van der Waals surface area contributed by atoms with Crippen molar-refractivity contribution in [3.05, 3.63) is 82.4 Å². The van der Waals surface area contributed by atoms with Gasteiger partial charge >= 0.3 is 0 Å². The van der Waals surface area contributed by atoms with Crippen LogP contribution in [0.4, 0.5) is 5.95 Å². The fourth-order valence-electron chi connectivity index (χ4n) is 3.16. The van der Waals surface area contributed by atoms with Crippen LogP contribution in [0.15, 0.2) is 60.7 Å². The highest BCUT2D eigenvalue weighted by atomic mass is 32.1. The molecule has 0 aliphatic heterocycles. The van der Waals surface area contributed by atoms with Gasteiger partial charge in [-0.1, -0.05) is 72.0 Å². The SMILES string of the molecule is Cc1sc2nc(NC(=O)CC(c3ccccc3)c3ccccc3)nn2c1C. The molecule has 0 aliphatic carbocycles. The summed E-state index contributed by atoms with van der Waals surface area (Å²) in [5.41, 5.74) is 3.28. The minimum absolute atomic E-state index is 0.0138. The lowest BCUT2D eigenvalue weighted by Gasteiger charge is -2.17. The van der Waals surface area contributed by atoms with E-state index in [4.69, 9.17) is 0 Å². The van der Waals surface area contributed by atoms with Gasteiger partial charge in [-0.15, -0.1) is 5.10 Å². The van der Waals surface area contributed by atoms with Crippen LogP contribution in [0.5, 0.6) is 0 Å². The van der Waals surface area contributed by atoms with E-state index >= 15 is 0 Å². The van der Waals surface area contributed by atoms with Gasteiger partial charge in [-0.3, -0.25) is 10.1 Å². The van der Waals surface area contributed by atoms with Crippen LogP contribution in [0.1, 0.15) is 34.0 Å². The number of hydrogen-bond donors (Lipinski definition) is 1. The van der Waals surface area contributed by atoms with Gasteiger partial charge in [0.2, 0.25) is 16.8 Å². The number of aromatic nitrogens is 3. The second kappa shape index (κ2) is 7.32. The first kappa shape index (κ1) is 17.4. The summed E-state index contributed by atoms with van der Waals surface area (Å²) in [4.78, 5) is 19.1. The summed E-state index contributed by atoms with van der Waals surface area (Å²) in [7, 11) is 0. The van der Waals surface area contributed by atoms with Crippen LogP contribution in [0.25, 0.3) is 4.96 Å². The van der Waals surface area contributed by atoms with E-state index in [1.54, 1.807) is 15.9 Å². The van der Waals surface area contributed by atoms with Crippen LogP contribution in [0.3, 0.4) is 0 Å². The molecular formula is C21H20N4OS. The third-order valence-electron chi connectivity index (χ3n) is 4.69. The van der Waals surface area contributed by atoms with Gasteiger partial charge in [-0.05, 0) is 25.0 Å². The number of hydrogen-bond acceptors (Lipinski definition) is 4. The van der Waals surface area contributed by atoms with Crippen molar-refractivity contribution in [3.63, 3.8) is 0 Å². The average Bonchev–Trinajstić information content (AvgIpc) is 3.19. The van der Waals surface area contributed by atoms with Crippen LogP contribution in [0, 0.1) is 13.8 Å². The second-order valence-corrected chi connectivity index (χ2v) is 7.68. The smallest absolute Gasteiger partial charge is 0.250 e.